The summed E-state index contributed by atoms with van der Waals surface area (Å²) in [5.74, 6) is 1.44. The van der Waals surface area contributed by atoms with Crippen LogP contribution >= 0.6 is 0 Å². The second kappa shape index (κ2) is 4.42. The number of aromatic nitrogens is 5. The van der Waals surface area contributed by atoms with Gasteiger partial charge in [0.2, 0.25) is 6.19 Å². The van der Waals surface area contributed by atoms with E-state index in [-0.39, 0.29) is 6.17 Å². The van der Waals surface area contributed by atoms with E-state index in [0.717, 1.165) is 17.1 Å². The number of hydrogen-bond donors (Lipinski definition) is 0. The fraction of sp³-hybridized carbons (Fsp3) is 0.133. The number of rotatable bonds is 1. The molecule has 0 fully saturated rings. The van der Waals surface area contributed by atoms with Gasteiger partial charge in [0.15, 0.2) is 17.8 Å². The molecule has 4 heterocycles. The van der Waals surface area contributed by atoms with Gasteiger partial charge < -0.3 is 0 Å². The van der Waals surface area contributed by atoms with Gasteiger partial charge in [-0.1, -0.05) is 23.4 Å². The monoisotopic (exact) mass is 317 g/mol. The van der Waals surface area contributed by atoms with Crippen LogP contribution in [0.2, 0.25) is 0 Å². The summed E-state index contributed by atoms with van der Waals surface area (Å²) in [6, 6.07) is 8.09. The van der Waals surface area contributed by atoms with Gasteiger partial charge >= 0.3 is 0 Å². The second-order valence-electron chi connectivity index (χ2n) is 5.52. The first-order chi connectivity index (χ1) is 11.8. The van der Waals surface area contributed by atoms with Crippen LogP contribution in [0.1, 0.15) is 17.4 Å². The predicted octanol–water partition coefficient (Wildman–Crippen LogP) is 1.38. The fourth-order valence-electron chi connectivity index (χ4n) is 3.16. The normalized spacial score (nSPS) is 17.4. The molecule has 0 N–H and O–H groups in total. The molecule has 0 bridgehead atoms. The molecule has 9 nitrogen and oxygen atoms in total. The second-order valence-corrected chi connectivity index (χ2v) is 5.52. The van der Waals surface area contributed by atoms with Gasteiger partial charge in [-0.15, -0.1) is 9.78 Å². The van der Waals surface area contributed by atoms with E-state index in [1.54, 1.807) is 25.8 Å². The number of nitrogens with zero attached hydrogens (tertiary/aromatic N) is 9. The quantitative estimate of drug-likeness (QED) is 0.673. The SMILES string of the molecule is Cc1c(N2C=NC3c4ccccc4-n4cncc4N32)nnn1C#N. The van der Waals surface area contributed by atoms with Crippen molar-refractivity contribution in [2.75, 3.05) is 10.0 Å². The Morgan fingerprint density at radius 1 is 1.25 bits per heavy atom. The van der Waals surface area contributed by atoms with Crippen molar-refractivity contribution in [2.45, 2.75) is 13.1 Å². The smallest absolute Gasteiger partial charge is 0.208 e. The van der Waals surface area contributed by atoms with Crippen LogP contribution < -0.4 is 10.0 Å². The van der Waals surface area contributed by atoms with Gasteiger partial charge in [0.1, 0.15) is 12.7 Å². The highest BCUT2D eigenvalue weighted by atomic mass is 15.7. The lowest BCUT2D eigenvalue weighted by Crippen LogP contribution is -2.43. The van der Waals surface area contributed by atoms with Crippen molar-refractivity contribution in [2.24, 2.45) is 4.99 Å². The lowest BCUT2D eigenvalue weighted by atomic mass is 10.1. The number of anilines is 2. The Hall–Kier alpha value is -3.67. The Balaban J connectivity index is 1.69. The van der Waals surface area contributed by atoms with Crippen LogP contribution in [0.4, 0.5) is 11.6 Å². The van der Waals surface area contributed by atoms with Crippen molar-refractivity contribution in [3.8, 4) is 11.9 Å². The van der Waals surface area contributed by atoms with E-state index in [9.17, 15) is 0 Å². The molecular weight excluding hydrogens is 306 g/mol. The Morgan fingerprint density at radius 2 is 2.12 bits per heavy atom. The molecule has 0 aliphatic carbocycles. The van der Waals surface area contributed by atoms with Crippen molar-refractivity contribution in [3.63, 3.8) is 0 Å². The minimum Gasteiger partial charge on any atom is -0.284 e. The van der Waals surface area contributed by atoms with Crippen LogP contribution in [0, 0.1) is 18.4 Å². The van der Waals surface area contributed by atoms with Gasteiger partial charge in [0.05, 0.1) is 17.6 Å². The average molecular weight is 317 g/mol. The van der Waals surface area contributed by atoms with Crippen LogP contribution in [-0.4, -0.2) is 30.9 Å². The zero-order valence-electron chi connectivity index (χ0n) is 12.6. The highest BCUT2D eigenvalue weighted by Gasteiger charge is 2.39. The van der Waals surface area contributed by atoms with Gasteiger partial charge in [0, 0.05) is 5.56 Å². The molecule has 2 aliphatic heterocycles. The molecular formula is C15H11N9. The van der Waals surface area contributed by atoms with Crippen molar-refractivity contribution < 1.29 is 0 Å². The van der Waals surface area contributed by atoms with Crippen LogP contribution in [0.25, 0.3) is 5.69 Å². The average Bonchev–Trinajstić information content (AvgIpc) is 3.32. The molecule has 2 aromatic heterocycles. The fourth-order valence-corrected chi connectivity index (χ4v) is 3.16. The molecule has 0 saturated heterocycles. The molecule has 0 radical (unpaired) electrons. The van der Waals surface area contributed by atoms with E-state index in [2.05, 4.69) is 26.4 Å². The standard InChI is InChI=1S/C15H11N9/c1-10-14(19-20-22(10)7-16)23-9-18-15-11-4-2-3-5-12(11)21-8-17-6-13(21)24(15)23/h2-6,8-9,15H,1H3. The van der Waals surface area contributed by atoms with E-state index in [1.165, 1.54) is 4.68 Å². The van der Waals surface area contributed by atoms with E-state index < -0.39 is 0 Å². The topological polar surface area (TPSA) is 91.2 Å². The number of para-hydroxylation sites is 1. The molecule has 1 atom stereocenters. The van der Waals surface area contributed by atoms with Gasteiger partial charge in [-0.3, -0.25) is 4.57 Å². The lowest BCUT2D eigenvalue weighted by Gasteiger charge is -2.36. The zero-order valence-corrected chi connectivity index (χ0v) is 12.6. The highest BCUT2D eigenvalue weighted by molar-refractivity contribution is 5.87. The van der Waals surface area contributed by atoms with E-state index in [0.29, 0.717) is 11.5 Å². The third-order valence-corrected chi connectivity index (χ3v) is 4.29. The molecule has 116 valence electrons. The van der Waals surface area contributed by atoms with Gasteiger partial charge in [-0.25, -0.2) is 20.0 Å². The van der Waals surface area contributed by atoms with E-state index >= 15 is 0 Å². The van der Waals surface area contributed by atoms with E-state index in [1.807, 2.05) is 39.0 Å². The highest BCUT2D eigenvalue weighted by Crippen LogP contribution is 2.42. The van der Waals surface area contributed by atoms with Gasteiger partial charge in [-0.2, -0.15) is 5.26 Å². The molecule has 0 spiro atoms. The zero-order chi connectivity index (χ0) is 16.3. The molecule has 1 aromatic carbocycles. The largest absolute Gasteiger partial charge is 0.284 e. The number of benzene rings is 1. The molecule has 24 heavy (non-hydrogen) atoms. The summed E-state index contributed by atoms with van der Waals surface area (Å²) in [6.45, 7) is 1.80. The van der Waals surface area contributed by atoms with Crippen LogP contribution in [0.15, 0.2) is 41.8 Å². The number of hydrazine groups is 1. The van der Waals surface area contributed by atoms with Crippen LogP contribution in [0.3, 0.4) is 0 Å². The third kappa shape index (κ3) is 1.46. The molecule has 0 saturated carbocycles. The maximum Gasteiger partial charge on any atom is 0.208 e. The summed E-state index contributed by atoms with van der Waals surface area (Å²) < 4.78 is 3.20. The Kier molecular flexibility index (Phi) is 2.36. The van der Waals surface area contributed by atoms with Gasteiger partial charge in [-0.05, 0) is 13.0 Å². The van der Waals surface area contributed by atoms with Crippen molar-refractivity contribution in [1.29, 1.82) is 5.26 Å². The van der Waals surface area contributed by atoms with E-state index in [4.69, 9.17) is 5.26 Å². The molecule has 3 aromatic rings. The van der Waals surface area contributed by atoms with Crippen LogP contribution in [-0.2, 0) is 0 Å². The minimum absolute atomic E-state index is 0.197. The number of fused-ring (bicyclic) bond motifs is 6. The maximum absolute atomic E-state index is 9.09. The predicted molar refractivity (Wildman–Crippen MR) is 85.5 cm³/mol. The summed E-state index contributed by atoms with van der Waals surface area (Å²) in [4.78, 5) is 8.92. The number of aliphatic imine (C=N–C) groups is 1. The molecule has 2 aliphatic rings. The van der Waals surface area contributed by atoms with Crippen molar-refractivity contribution in [1.82, 2.24) is 24.5 Å². The maximum atomic E-state index is 9.09. The number of imidazole rings is 1. The summed E-state index contributed by atoms with van der Waals surface area (Å²) >= 11 is 0. The Morgan fingerprint density at radius 3 is 2.96 bits per heavy atom. The van der Waals surface area contributed by atoms with Crippen molar-refractivity contribution >= 4 is 18.0 Å². The number of hydrogen-bond acceptors (Lipinski definition) is 7. The first-order valence-electron chi connectivity index (χ1n) is 7.35. The van der Waals surface area contributed by atoms with Gasteiger partial charge in [0.25, 0.3) is 0 Å². The van der Waals surface area contributed by atoms with Crippen molar-refractivity contribution in [3.05, 3.63) is 48.0 Å². The first kappa shape index (κ1) is 12.8. The molecule has 9 heteroatoms. The summed E-state index contributed by atoms with van der Waals surface area (Å²) in [5.41, 5.74) is 2.78. The first-order valence-corrected chi connectivity index (χ1v) is 7.35. The summed E-state index contributed by atoms with van der Waals surface area (Å²) in [5, 5.41) is 20.9. The third-order valence-electron chi connectivity index (χ3n) is 4.29. The Bertz CT molecular complexity index is 1020. The van der Waals surface area contributed by atoms with Crippen LogP contribution in [0.5, 0.6) is 0 Å². The Labute approximate surface area is 136 Å². The number of nitriles is 1. The summed E-state index contributed by atoms with van der Waals surface area (Å²) in [6.07, 6.45) is 7.05. The molecule has 5 rings (SSSR count). The molecule has 0 amide bonds. The summed E-state index contributed by atoms with van der Waals surface area (Å²) in [7, 11) is 0. The molecule has 1 unspecified atom stereocenters. The lowest BCUT2D eigenvalue weighted by molar-refractivity contribution is 0.657. The minimum atomic E-state index is -0.197.